The van der Waals surface area contributed by atoms with Crippen LogP contribution >= 0.6 is 0 Å². The van der Waals surface area contributed by atoms with Crippen LogP contribution in [0.5, 0.6) is 17.2 Å². The average molecular weight is 400 g/mol. The molecule has 0 spiro atoms. The maximum absolute atomic E-state index is 12.8. The predicted molar refractivity (Wildman–Crippen MR) is 112 cm³/mol. The highest BCUT2D eigenvalue weighted by molar-refractivity contribution is 6.06. The third kappa shape index (κ3) is 5.88. The van der Waals surface area contributed by atoms with Gasteiger partial charge in [-0.25, -0.2) is 0 Å². The highest BCUT2D eigenvalue weighted by Gasteiger charge is 2.18. The number of nitrogens with one attached hydrogen (secondary N) is 2. The first-order valence-corrected chi connectivity index (χ1v) is 9.79. The van der Waals surface area contributed by atoms with E-state index in [1.807, 2.05) is 27.7 Å². The van der Waals surface area contributed by atoms with Gasteiger partial charge in [0, 0.05) is 23.4 Å². The topological polar surface area (TPSA) is 85.9 Å². The van der Waals surface area contributed by atoms with Crippen LogP contribution in [0, 0.1) is 0 Å². The van der Waals surface area contributed by atoms with Gasteiger partial charge in [0.1, 0.15) is 0 Å². The maximum Gasteiger partial charge on any atom is 0.255 e. The van der Waals surface area contributed by atoms with E-state index in [0.717, 1.165) is 0 Å². The number of rotatable bonds is 10. The Morgan fingerprint density at radius 1 is 0.793 bits per heavy atom. The summed E-state index contributed by atoms with van der Waals surface area (Å²) < 4.78 is 17.0. The molecule has 0 bridgehead atoms. The summed E-state index contributed by atoms with van der Waals surface area (Å²) in [6.45, 7) is 9.25. The molecule has 156 valence electrons. The average Bonchev–Trinajstić information content (AvgIpc) is 2.71. The van der Waals surface area contributed by atoms with Crippen LogP contribution in [-0.2, 0) is 0 Å². The highest BCUT2D eigenvalue weighted by atomic mass is 16.5. The second kappa shape index (κ2) is 10.9. The molecule has 0 fully saturated rings. The summed E-state index contributed by atoms with van der Waals surface area (Å²) in [6.07, 6.45) is 0. The molecule has 0 aromatic heterocycles. The van der Waals surface area contributed by atoms with Crippen molar-refractivity contribution >= 4 is 17.5 Å². The van der Waals surface area contributed by atoms with Crippen LogP contribution in [0.25, 0.3) is 0 Å². The minimum absolute atomic E-state index is 0.193. The molecule has 2 amide bonds. The Hall–Kier alpha value is -3.22. The second-order valence-corrected chi connectivity index (χ2v) is 6.00. The Morgan fingerprint density at radius 3 is 1.97 bits per heavy atom. The van der Waals surface area contributed by atoms with Crippen molar-refractivity contribution in [3.05, 3.63) is 47.5 Å². The van der Waals surface area contributed by atoms with Crippen LogP contribution in [0.4, 0.5) is 5.69 Å². The van der Waals surface area contributed by atoms with Crippen molar-refractivity contribution in [2.45, 2.75) is 27.7 Å². The Kier molecular flexibility index (Phi) is 8.33. The first-order chi connectivity index (χ1) is 14.0. The van der Waals surface area contributed by atoms with Crippen molar-refractivity contribution in [2.24, 2.45) is 0 Å². The van der Waals surface area contributed by atoms with E-state index in [-0.39, 0.29) is 11.8 Å². The lowest BCUT2D eigenvalue weighted by Gasteiger charge is -2.17. The highest BCUT2D eigenvalue weighted by Crippen LogP contribution is 2.39. The minimum atomic E-state index is -0.344. The fourth-order valence-corrected chi connectivity index (χ4v) is 2.72. The molecule has 7 nitrogen and oxygen atoms in total. The van der Waals surface area contributed by atoms with Crippen molar-refractivity contribution in [3.63, 3.8) is 0 Å². The van der Waals surface area contributed by atoms with E-state index in [1.165, 1.54) is 0 Å². The van der Waals surface area contributed by atoms with Gasteiger partial charge in [-0.15, -0.1) is 0 Å². The van der Waals surface area contributed by atoms with Gasteiger partial charge < -0.3 is 24.8 Å². The fourth-order valence-electron chi connectivity index (χ4n) is 2.72. The number of anilines is 1. The smallest absolute Gasteiger partial charge is 0.255 e. The lowest BCUT2D eigenvalue weighted by Crippen LogP contribution is -2.22. The van der Waals surface area contributed by atoms with E-state index in [1.54, 1.807) is 36.4 Å². The van der Waals surface area contributed by atoms with Crippen molar-refractivity contribution in [2.75, 3.05) is 31.7 Å². The Labute approximate surface area is 171 Å². The predicted octanol–water partition coefficient (Wildman–Crippen LogP) is 3.88. The van der Waals surface area contributed by atoms with Gasteiger partial charge in [-0.3, -0.25) is 9.59 Å². The quantitative estimate of drug-likeness (QED) is 0.632. The van der Waals surface area contributed by atoms with E-state index in [0.29, 0.717) is 60.4 Å². The molecule has 0 atom stereocenters. The van der Waals surface area contributed by atoms with Crippen molar-refractivity contribution in [1.29, 1.82) is 0 Å². The lowest BCUT2D eigenvalue weighted by molar-refractivity contribution is 0.0954. The summed E-state index contributed by atoms with van der Waals surface area (Å²) >= 11 is 0. The van der Waals surface area contributed by atoms with E-state index in [9.17, 15) is 9.59 Å². The van der Waals surface area contributed by atoms with Crippen molar-refractivity contribution in [1.82, 2.24) is 5.32 Å². The number of hydrogen-bond donors (Lipinski definition) is 2. The zero-order valence-corrected chi connectivity index (χ0v) is 17.3. The Bertz CT molecular complexity index is 824. The number of amides is 2. The molecule has 0 aliphatic rings. The summed E-state index contributed by atoms with van der Waals surface area (Å²) in [6, 6.07) is 10.0. The molecule has 0 saturated carbocycles. The van der Waals surface area contributed by atoms with E-state index < -0.39 is 0 Å². The van der Waals surface area contributed by atoms with Gasteiger partial charge in [-0.2, -0.15) is 0 Å². The van der Waals surface area contributed by atoms with Crippen LogP contribution in [-0.4, -0.2) is 38.2 Å². The number of carbonyl (C=O) groups is 2. The molecule has 2 N–H and O–H groups in total. The van der Waals surface area contributed by atoms with E-state index in [4.69, 9.17) is 14.2 Å². The molecule has 0 unspecified atom stereocenters. The Morgan fingerprint density at radius 2 is 1.41 bits per heavy atom. The largest absolute Gasteiger partial charge is 0.490 e. The van der Waals surface area contributed by atoms with Gasteiger partial charge in [-0.1, -0.05) is 6.07 Å². The van der Waals surface area contributed by atoms with Gasteiger partial charge >= 0.3 is 0 Å². The number of ether oxygens (including phenoxy) is 3. The maximum atomic E-state index is 12.8. The lowest BCUT2D eigenvalue weighted by atomic mass is 10.1. The summed E-state index contributed by atoms with van der Waals surface area (Å²) in [4.78, 5) is 24.9. The first kappa shape index (κ1) is 22.1. The van der Waals surface area contributed by atoms with Gasteiger partial charge in [0.05, 0.1) is 19.8 Å². The number of hydrogen-bond acceptors (Lipinski definition) is 5. The third-order valence-corrected chi connectivity index (χ3v) is 3.89. The molecule has 0 heterocycles. The van der Waals surface area contributed by atoms with Gasteiger partial charge in [0.2, 0.25) is 5.75 Å². The van der Waals surface area contributed by atoms with Gasteiger partial charge in [-0.05, 0) is 58.0 Å². The normalized spacial score (nSPS) is 10.2. The minimum Gasteiger partial charge on any atom is -0.490 e. The summed E-state index contributed by atoms with van der Waals surface area (Å²) in [5.41, 5.74) is 1.36. The Balaban J connectivity index is 2.32. The second-order valence-electron chi connectivity index (χ2n) is 6.00. The SMILES string of the molecule is CCNC(=O)c1cccc(NC(=O)c2cc(OCC)c(OCC)c(OCC)c2)c1. The molecule has 2 rings (SSSR count). The van der Waals surface area contributed by atoms with Crippen LogP contribution in [0.15, 0.2) is 36.4 Å². The molecule has 2 aromatic rings. The number of benzene rings is 2. The molecular weight excluding hydrogens is 372 g/mol. The zero-order valence-electron chi connectivity index (χ0n) is 17.3. The van der Waals surface area contributed by atoms with Crippen LogP contribution in [0.2, 0.25) is 0 Å². The molecule has 0 aliphatic carbocycles. The van der Waals surface area contributed by atoms with E-state index >= 15 is 0 Å². The summed E-state index contributed by atoms with van der Waals surface area (Å²) in [5.74, 6) is 0.832. The van der Waals surface area contributed by atoms with Gasteiger partial charge in [0.15, 0.2) is 11.5 Å². The van der Waals surface area contributed by atoms with Gasteiger partial charge in [0.25, 0.3) is 11.8 Å². The van der Waals surface area contributed by atoms with Crippen LogP contribution in [0.3, 0.4) is 0 Å². The van der Waals surface area contributed by atoms with E-state index in [2.05, 4.69) is 10.6 Å². The molecule has 29 heavy (non-hydrogen) atoms. The standard InChI is InChI=1S/C22H28N2O5/c1-5-23-21(25)15-10-9-11-17(12-15)24-22(26)16-13-18(27-6-2)20(29-8-4)19(14-16)28-7-3/h9-14H,5-8H2,1-4H3,(H,23,25)(H,24,26). The molecule has 7 heteroatoms. The number of carbonyl (C=O) groups excluding carboxylic acids is 2. The summed E-state index contributed by atoms with van der Waals surface area (Å²) in [5, 5.41) is 5.55. The summed E-state index contributed by atoms with van der Waals surface area (Å²) in [7, 11) is 0. The third-order valence-electron chi connectivity index (χ3n) is 3.89. The molecular formula is C22H28N2O5. The molecule has 0 aliphatic heterocycles. The fraction of sp³-hybridized carbons (Fsp3) is 0.364. The molecule has 2 aromatic carbocycles. The first-order valence-electron chi connectivity index (χ1n) is 9.79. The van der Waals surface area contributed by atoms with Crippen LogP contribution in [0.1, 0.15) is 48.4 Å². The van der Waals surface area contributed by atoms with Crippen LogP contribution < -0.4 is 24.8 Å². The monoisotopic (exact) mass is 400 g/mol. The van der Waals surface area contributed by atoms with Crippen molar-refractivity contribution < 1.29 is 23.8 Å². The van der Waals surface area contributed by atoms with Crippen molar-refractivity contribution in [3.8, 4) is 17.2 Å². The molecule has 0 radical (unpaired) electrons. The zero-order chi connectivity index (χ0) is 21.2. The molecule has 0 saturated heterocycles.